The summed E-state index contributed by atoms with van der Waals surface area (Å²) in [6, 6.07) is 1.62. The number of nitrogens with zero attached hydrogens (tertiary/aromatic N) is 3. The maximum Gasteiger partial charge on any atom is 0.278 e. The predicted octanol–water partition coefficient (Wildman–Crippen LogP) is 1.07. The highest BCUT2D eigenvalue weighted by molar-refractivity contribution is 6.02. The van der Waals surface area contributed by atoms with Crippen LogP contribution in [-0.2, 0) is 0 Å². The average molecular weight is 233 g/mol. The van der Waals surface area contributed by atoms with E-state index >= 15 is 0 Å². The third-order valence-electron chi connectivity index (χ3n) is 1.99. The monoisotopic (exact) mass is 233 g/mol. The highest BCUT2D eigenvalue weighted by Gasteiger charge is 2.11. The largest absolute Gasteiger partial charge is 0.372 e. The molecule has 0 spiro atoms. The molecule has 7 nitrogen and oxygen atoms in total. The Morgan fingerprint density at radius 1 is 1.41 bits per heavy atom. The number of aryl methyl sites for hydroxylation is 1. The fraction of sp³-hybridized carbons (Fsp3) is 0.200. The molecule has 88 valence electrons. The lowest BCUT2D eigenvalue weighted by Crippen LogP contribution is -2.14. The summed E-state index contributed by atoms with van der Waals surface area (Å²) in [5, 5.41) is 8.99. The SMILES string of the molecule is CNc1cncc(C(=O)Nc2cc(C)no2)n1. The van der Waals surface area contributed by atoms with Crippen molar-refractivity contribution in [3.8, 4) is 0 Å². The van der Waals surface area contributed by atoms with Crippen LogP contribution in [0, 0.1) is 6.92 Å². The van der Waals surface area contributed by atoms with Gasteiger partial charge in [0, 0.05) is 13.1 Å². The molecule has 17 heavy (non-hydrogen) atoms. The first-order valence-electron chi connectivity index (χ1n) is 4.93. The topological polar surface area (TPSA) is 92.9 Å². The maximum atomic E-state index is 11.8. The summed E-state index contributed by atoms with van der Waals surface area (Å²) in [6.07, 6.45) is 2.90. The van der Waals surface area contributed by atoms with Gasteiger partial charge in [-0.3, -0.25) is 15.1 Å². The molecule has 2 aromatic rings. The molecule has 2 rings (SSSR count). The summed E-state index contributed by atoms with van der Waals surface area (Å²) in [4.78, 5) is 19.7. The van der Waals surface area contributed by atoms with Gasteiger partial charge in [-0.2, -0.15) is 0 Å². The van der Waals surface area contributed by atoms with Gasteiger partial charge in [-0.1, -0.05) is 5.16 Å². The first-order valence-corrected chi connectivity index (χ1v) is 4.93. The van der Waals surface area contributed by atoms with E-state index in [1.165, 1.54) is 12.4 Å². The number of hydrogen-bond acceptors (Lipinski definition) is 6. The molecule has 0 fully saturated rings. The summed E-state index contributed by atoms with van der Waals surface area (Å²) in [6.45, 7) is 1.76. The molecule has 0 saturated heterocycles. The minimum absolute atomic E-state index is 0.200. The number of carbonyl (C=O) groups is 1. The minimum atomic E-state index is -0.397. The van der Waals surface area contributed by atoms with Crippen molar-refractivity contribution in [1.82, 2.24) is 15.1 Å². The van der Waals surface area contributed by atoms with Crippen molar-refractivity contribution in [3.05, 3.63) is 29.8 Å². The van der Waals surface area contributed by atoms with E-state index in [9.17, 15) is 4.79 Å². The van der Waals surface area contributed by atoms with Crippen molar-refractivity contribution in [2.45, 2.75) is 6.92 Å². The Bertz CT molecular complexity index is 537. The highest BCUT2D eigenvalue weighted by Crippen LogP contribution is 2.10. The predicted molar refractivity (Wildman–Crippen MR) is 60.8 cm³/mol. The van der Waals surface area contributed by atoms with Gasteiger partial charge in [-0.05, 0) is 6.92 Å². The van der Waals surface area contributed by atoms with Gasteiger partial charge in [-0.15, -0.1) is 0 Å². The van der Waals surface area contributed by atoms with Crippen molar-refractivity contribution < 1.29 is 9.32 Å². The molecule has 0 bridgehead atoms. The normalized spacial score (nSPS) is 10.0. The van der Waals surface area contributed by atoms with Crippen molar-refractivity contribution >= 4 is 17.6 Å². The summed E-state index contributed by atoms with van der Waals surface area (Å²) in [5.74, 6) is 0.404. The van der Waals surface area contributed by atoms with Gasteiger partial charge >= 0.3 is 0 Å². The number of hydrogen-bond donors (Lipinski definition) is 2. The quantitative estimate of drug-likeness (QED) is 0.823. The highest BCUT2D eigenvalue weighted by atomic mass is 16.5. The summed E-state index contributed by atoms with van der Waals surface area (Å²) in [5.41, 5.74) is 0.890. The average Bonchev–Trinajstić information content (AvgIpc) is 2.75. The lowest BCUT2D eigenvalue weighted by atomic mass is 10.4. The summed E-state index contributed by atoms with van der Waals surface area (Å²) in [7, 11) is 1.70. The van der Waals surface area contributed by atoms with Crippen LogP contribution in [0.4, 0.5) is 11.7 Å². The Kier molecular flexibility index (Phi) is 2.99. The fourth-order valence-electron chi connectivity index (χ4n) is 1.19. The second kappa shape index (κ2) is 4.60. The second-order valence-electron chi connectivity index (χ2n) is 3.33. The van der Waals surface area contributed by atoms with E-state index in [0.29, 0.717) is 11.5 Å². The lowest BCUT2D eigenvalue weighted by molar-refractivity contribution is 0.101. The third kappa shape index (κ3) is 2.57. The van der Waals surface area contributed by atoms with Gasteiger partial charge < -0.3 is 9.84 Å². The first kappa shape index (κ1) is 11.1. The zero-order valence-electron chi connectivity index (χ0n) is 9.39. The van der Waals surface area contributed by atoms with Crippen LogP contribution >= 0.6 is 0 Å². The van der Waals surface area contributed by atoms with Crippen molar-refractivity contribution in [2.75, 3.05) is 17.7 Å². The Balaban J connectivity index is 2.14. The van der Waals surface area contributed by atoms with Crippen LogP contribution < -0.4 is 10.6 Å². The number of carbonyl (C=O) groups excluding carboxylic acids is 1. The van der Waals surface area contributed by atoms with Crippen LogP contribution in [0.3, 0.4) is 0 Å². The van der Waals surface area contributed by atoms with Crippen LogP contribution in [0.25, 0.3) is 0 Å². The molecule has 2 heterocycles. The van der Waals surface area contributed by atoms with Crippen molar-refractivity contribution in [1.29, 1.82) is 0 Å². The van der Waals surface area contributed by atoms with E-state index in [-0.39, 0.29) is 11.6 Å². The Morgan fingerprint density at radius 2 is 2.24 bits per heavy atom. The van der Waals surface area contributed by atoms with Crippen LogP contribution in [-0.4, -0.2) is 28.1 Å². The van der Waals surface area contributed by atoms with Crippen molar-refractivity contribution in [3.63, 3.8) is 0 Å². The van der Waals surface area contributed by atoms with E-state index in [1.807, 2.05) is 0 Å². The lowest BCUT2D eigenvalue weighted by Gasteiger charge is -2.02. The number of nitrogens with one attached hydrogen (secondary N) is 2. The standard InChI is InChI=1S/C10H11N5O2/c1-6-3-9(17-15-6)14-10(16)7-4-12-5-8(11-2)13-7/h3-5H,1-2H3,(H,11,13)(H,14,16). The molecule has 1 amide bonds. The van der Waals surface area contributed by atoms with Crippen LogP contribution in [0.15, 0.2) is 23.0 Å². The van der Waals surface area contributed by atoms with Gasteiger partial charge in [0.1, 0.15) is 11.5 Å². The third-order valence-corrected chi connectivity index (χ3v) is 1.99. The molecule has 0 saturated carbocycles. The molecule has 7 heteroatoms. The number of anilines is 2. The molecule has 0 aliphatic carbocycles. The van der Waals surface area contributed by atoms with Gasteiger partial charge in [0.2, 0.25) is 5.88 Å². The van der Waals surface area contributed by atoms with Gasteiger partial charge in [0.25, 0.3) is 5.91 Å². The number of rotatable bonds is 3. The molecule has 0 unspecified atom stereocenters. The minimum Gasteiger partial charge on any atom is -0.372 e. The maximum absolute atomic E-state index is 11.8. The first-order chi connectivity index (χ1) is 8.19. The molecule has 2 aromatic heterocycles. The van der Waals surface area contributed by atoms with E-state index in [2.05, 4.69) is 25.8 Å². The molecule has 0 aromatic carbocycles. The van der Waals surface area contributed by atoms with E-state index < -0.39 is 5.91 Å². The smallest absolute Gasteiger partial charge is 0.278 e. The zero-order chi connectivity index (χ0) is 12.3. The summed E-state index contributed by atoms with van der Waals surface area (Å²) < 4.78 is 4.87. The van der Waals surface area contributed by atoms with Crippen LogP contribution in [0.1, 0.15) is 16.2 Å². The van der Waals surface area contributed by atoms with Crippen LogP contribution in [0.5, 0.6) is 0 Å². The van der Waals surface area contributed by atoms with Crippen LogP contribution in [0.2, 0.25) is 0 Å². The Labute approximate surface area is 97.2 Å². The Hall–Kier alpha value is -2.44. The molecule has 2 N–H and O–H groups in total. The zero-order valence-corrected chi connectivity index (χ0v) is 9.39. The second-order valence-corrected chi connectivity index (χ2v) is 3.33. The van der Waals surface area contributed by atoms with Crippen molar-refractivity contribution in [2.24, 2.45) is 0 Å². The number of amides is 1. The van der Waals surface area contributed by atoms with E-state index in [0.717, 1.165) is 0 Å². The fourth-order valence-corrected chi connectivity index (χ4v) is 1.19. The molecule has 0 aliphatic heterocycles. The summed E-state index contributed by atoms with van der Waals surface area (Å²) >= 11 is 0. The Morgan fingerprint density at radius 3 is 2.88 bits per heavy atom. The molecular formula is C10H11N5O2. The van der Waals surface area contributed by atoms with Gasteiger partial charge in [-0.25, -0.2) is 4.98 Å². The van der Waals surface area contributed by atoms with E-state index in [1.54, 1.807) is 20.0 Å². The molecule has 0 radical (unpaired) electrons. The molecule has 0 atom stereocenters. The van der Waals surface area contributed by atoms with Gasteiger partial charge in [0.05, 0.1) is 18.1 Å². The van der Waals surface area contributed by atoms with Gasteiger partial charge in [0.15, 0.2) is 0 Å². The van der Waals surface area contributed by atoms with E-state index in [4.69, 9.17) is 4.52 Å². The molecule has 0 aliphatic rings. The molecular weight excluding hydrogens is 222 g/mol. The number of aromatic nitrogens is 3.